The first-order valence-electron chi connectivity index (χ1n) is 7.66. The first-order valence-corrected chi connectivity index (χ1v) is 7.66. The second-order valence-corrected chi connectivity index (χ2v) is 5.18. The molecule has 2 amide bonds. The summed E-state index contributed by atoms with van der Waals surface area (Å²) >= 11 is 0. The average molecular weight is 305 g/mol. The molecule has 0 spiro atoms. The maximum Gasteiger partial charge on any atom is 0.251 e. The highest BCUT2D eigenvalue weighted by molar-refractivity contribution is 5.94. The summed E-state index contributed by atoms with van der Waals surface area (Å²) in [7, 11) is 0. The minimum absolute atomic E-state index is 0.0402. The van der Waals surface area contributed by atoms with Crippen LogP contribution in [0.4, 0.5) is 0 Å². The van der Waals surface area contributed by atoms with E-state index in [0.717, 1.165) is 32.8 Å². The molecule has 1 fully saturated rings. The molecule has 0 saturated carbocycles. The third-order valence-corrected chi connectivity index (χ3v) is 3.53. The van der Waals surface area contributed by atoms with Gasteiger partial charge in [0.15, 0.2) is 0 Å². The van der Waals surface area contributed by atoms with Crippen molar-refractivity contribution >= 4 is 11.8 Å². The molecule has 1 saturated heterocycles. The molecule has 120 valence electrons. The van der Waals surface area contributed by atoms with Crippen LogP contribution in [0.25, 0.3) is 0 Å². The lowest BCUT2D eigenvalue weighted by Crippen LogP contribution is -2.41. The molecule has 1 aromatic carbocycles. The van der Waals surface area contributed by atoms with Gasteiger partial charge in [-0.3, -0.25) is 14.5 Å². The number of nitrogens with one attached hydrogen (secondary N) is 2. The minimum atomic E-state index is -0.151. The second kappa shape index (κ2) is 9.17. The number of hydrogen-bond donors (Lipinski definition) is 2. The summed E-state index contributed by atoms with van der Waals surface area (Å²) in [6, 6.07) is 8.98. The number of ether oxygens (including phenoxy) is 1. The Morgan fingerprint density at radius 1 is 1.05 bits per heavy atom. The minimum Gasteiger partial charge on any atom is -0.379 e. The molecule has 2 N–H and O–H groups in total. The normalized spacial score (nSPS) is 15.3. The standard InChI is InChI=1S/C16H23N3O3/c20-15(17-8-9-19-10-12-22-13-11-19)6-7-18-16(21)14-4-2-1-3-5-14/h1-5H,6-13H2,(H,17,20)(H,18,21). The van der Waals surface area contributed by atoms with Gasteiger partial charge >= 0.3 is 0 Å². The maximum atomic E-state index is 11.8. The molecular formula is C16H23N3O3. The van der Waals surface area contributed by atoms with Crippen molar-refractivity contribution in [2.45, 2.75) is 6.42 Å². The molecule has 0 unspecified atom stereocenters. The summed E-state index contributed by atoms with van der Waals surface area (Å²) in [4.78, 5) is 25.7. The highest BCUT2D eigenvalue weighted by atomic mass is 16.5. The van der Waals surface area contributed by atoms with Crippen LogP contribution in [0.5, 0.6) is 0 Å². The van der Waals surface area contributed by atoms with Crippen molar-refractivity contribution in [1.29, 1.82) is 0 Å². The van der Waals surface area contributed by atoms with Gasteiger partial charge in [-0.2, -0.15) is 0 Å². The van der Waals surface area contributed by atoms with Crippen LogP contribution in [0, 0.1) is 0 Å². The topological polar surface area (TPSA) is 70.7 Å². The second-order valence-electron chi connectivity index (χ2n) is 5.18. The molecule has 0 bridgehead atoms. The molecule has 1 heterocycles. The van der Waals surface area contributed by atoms with Gasteiger partial charge < -0.3 is 15.4 Å². The van der Waals surface area contributed by atoms with Crippen molar-refractivity contribution in [2.75, 3.05) is 45.9 Å². The molecule has 0 radical (unpaired) electrons. The number of morpholine rings is 1. The van der Waals surface area contributed by atoms with E-state index in [1.165, 1.54) is 0 Å². The van der Waals surface area contributed by atoms with Gasteiger partial charge in [0.05, 0.1) is 13.2 Å². The predicted octanol–water partition coefficient (Wildman–Crippen LogP) is 0.255. The third kappa shape index (κ3) is 5.83. The number of carbonyl (C=O) groups excluding carboxylic acids is 2. The summed E-state index contributed by atoms with van der Waals surface area (Å²) in [5.41, 5.74) is 0.607. The summed E-state index contributed by atoms with van der Waals surface area (Å²) in [6.45, 7) is 5.18. The Morgan fingerprint density at radius 2 is 1.77 bits per heavy atom. The van der Waals surface area contributed by atoms with Crippen molar-refractivity contribution in [2.24, 2.45) is 0 Å². The fourth-order valence-electron chi connectivity index (χ4n) is 2.25. The number of nitrogens with zero attached hydrogens (tertiary/aromatic N) is 1. The molecule has 6 nitrogen and oxygen atoms in total. The summed E-state index contributed by atoms with van der Waals surface area (Å²) in [6.07, 6.45) is 0.293. The number of carbonyl (C=O) groups is 2. The Kier molecular flexibility index (Phi) is 6.86. The summed E-state index contributed by atoms with van der Waals surface area (Å²) < 4.78 is 5.27. The quantitative estimate of drug-likeness (QED) is 0.758. The lowest BCUT2D eigenvalue weighted by atomic mass is 10.2. The van der Waals surface area contributed by atoms with E-state index in [1.54, 1.807) is 12.1 Å². The van der Waals surface area contributed by atoms with Crippen molar-refractivity contribution in [3.63, 3.8) is 0 Å². The Morgan fingerprint density at radius 3 is 2.50 bits per heavy atom. The highest BCUT2D eigenvalue weighted by Crippen LogP contribution is 1.97. The monoisotopic (exact) mass is 305 g/mol. The van der Waals surface area contributed by atoms with E-state index < -0.39 is 0 Å². The number of rotatable bonds is 7. The maximum absolute atomic E-state index is 11.8. The van der Waals surface area contributed by atoms with E-state index in [9.17, 15) is 9.59 Å². The number of amides is 2. The fourth-order valence-corrected chi connectivity index (χ4v) is 2.25. The van der Waals surface area contributed by atoms with Gasteiger partial charge in [-0.25, -0.2) is 0 Å². The van der Waals surface area contributed by atoms with Gasteiger partial charge in [-0.05, 0) is 12.1 Å². The third-order valence-electron chi connectivity index (χ3n) is 3.53. The van der Waals surface area contributed by atoms with Crippen LogP contribution < -0.4 is 10.6 Å². The van der Waals surface area contributed by atoms with Crippen LogP contribution in [0.15, 0.2) is 30.3 Å². The van der Waals surface area contributed by atoms with Gasteiger partial charge in [0.2, 0.25) is 5.91 Å². The average Bonchev–Trinajstić information content (AvgIpc) is 2.56. The highest BCUT2D eigenvalue weighted by Gasteiger charge is 2.10. The summed E-state index contributed by atoms with van der Waals surface area (Å²) in [5.74, 6) is -0.191. The van der Waals surface area contributed by atoms with E-state index in [1.807, 2.05) is 18.2 Å². The van der Waals surface area contributed by atoms with Crippen molar-refractivity contribution < 1.29 is 14.3 Å². The first-order chi connectivity index (χ1) is 10.8. The van der Waals surface area contributed by atoms with Crippen LogP contribution >= 0.6 is 0 Å². The molecule has 1 aliphatic heterocycles. The largest absolute Gasteiger partial charge is 0.379 e. The molecule has 0 aromatic heterocycles. The van der Waals surface area contributed by atoms with Gasteiger partial charge in [0.25, 0.3) is 5.91 Å². The molecular weight excluding hydrogens is 282 g/mol. The van der Waals surface area contributed by atoms with Crippen molar-refractivity contribution in [3.05, 3.63) is 35.9 Å². The molecule has 2 rings (SSSR count). The zero-order chi connectivity index (χ0) is 15.6. The van der Waals surface area contributed by atoms with Crippen LogP contribution in [0.2, 0.25) is 0 Å². The van der Waals surface area contributed by atoms with Crippen LogP contribution in [0.1, 0.15) is 16.8 Å². The number of hydrogen-bond acceptors (Lipinski definition) is 4. The van der Waals surface area contributed by atoms with Gasteiger partial charge in [-0.1, -0.05) is 18.2 Å². The van der Waals surface area contributed by atoms with Gasteiger partial charge in [0.1, 0.15) is 0 Å². The molecule has 0 atom stereocenters. The van der Waals surface area contributed by atoms with Crippen molar-refractivity contribution in [1.82, 2.24) is 15.5 Å². The van der Waals surface area contributed by atoms with Crippen LogP contribution in [-0.2, 0) is 9.53 Å². The van der Waals surface area contributed by atoms with E-state index in [2.05, 4.69) is 15.5 Å². The van der Waals surface area contributed by atoms with E-state index in [-0.39, 0.29) is 11.8 Å². The lowest BCUT2D eigenvalue weighted by molar-refractivity contribution is -0.121. The fraction of sp³-hybridized carbons (Fsp3) is 0.500. The molecule has 1 aliphatic rings. The van der Waals surface area contributed by atoms with Gasteiger partial charge in [-0.15, -0.1) is 0 Å². The Labute approximate surface area is 130 Å². The first kappa shape index (κ1) is 16.5. The van der Waals surface area contributed by atoms with Crippen LogP contribution in [-0.4, -0.2) is 62.7 Å². The summed E-state index contributed by atoms with van der Waals surface area (Å²) in [5, 5.41) is 5.61. The predicted molar refractivity (Wildman–Crippen MR) is 83.7 cm³/mol. The molecule has 22 heavy (non-hydrogen) atoms. The van der Waals surface area contributed by atoms with E-state index in [4.69, 9.17) is 4.74 Å². The zero-order valence-electron chi connectivity index (χ0n) is 12.7. The zero-order valence-corrected chi connectivity index (χ0v) is 12.7. The number of benzene rings is 1. The van der Waals surface area contributed by atoms with E-state index in [0.29, 0.717) is 25.1 Å². The smallest absolute Gasteiger partial charge is 0.251 e. The molecule has 1 aromatic rings. The Bertz CT molecular complexity index is 473. The lowest BCUT2D eigenvalue weighted by Gasteiger charge is -2.26. The molecule has 6 heteroatoms. The van der Waals surface area contributed by atoms with Crippen molar-refractivity contribution in [3.8, 4) is 0 Å². The Balaban J connectivity index is 1.55. The SMILES string of the molecule is O=C(CCNC(=O)c1ccccc1)NCCN1CCOCC1. The van der Waals surface area contributed by atoms with Crippen LogP contribution in [0.3, 0.4) is 0 Å². The Hall–Kier alpha value is -1.92. The molecule has 0 aliphatic carbocycles. The van der Waals surface area contributed by atoms with E-state index >= 15 is 0 Å². The van der Waals surface area contributed by atoms with Gasteiger partial charge in [0, 0.05) is 44.7 Å².